The van der Waals surface area contributed by atoms with Crippen LogP contribution in [0.5, 0.6) is 0 Å². The molecule has 1 N–H and O–H groups in total. The van der Waals surface area contributed by atoms with Crippen molar-refractivity contribution >= 4 is 58.1 Å². The maximum absolute atomic E-state index is 11.8. The average molecular weight is 310 g/mol. The van der Waals surface area contributed by atoms with Crippen LogP contribution in [0.25, 0.3) is 0 Å². The largest absolute Gasteiger partial charge is 0.327 e. The van der Waals surface area contributed by atoms with E-state index in [9.17, 15) is 4.79 Å². The SMILES string of the molecule is O=C(NC(N=C=S)C(Cl)Cl)c1ccc(Cl)cc1. The number of alkyl halides is 2. The van der Waals surface area contributed by atoms with E-state index < -0.39 is 11.0 Å². The molecule has 0 saturated heterocycles. The van der Waals surface area contributed by atoms with E-state index in [1.807, 2.05) is 0 Å². The van der Waals surface area contributed by atoms with Crippen molar-refractivity contribution in [1.82, 2.24) is 5.32 Å². The van der Waals surface area contributed by atoms with E-state index in [-0.39, 0.29) is 5.91 Å². The first kappa shape index (κ1) is 14.4. The van der Waals surface area contributed by atoms with Gasteiger partial charge >= 0.3 is 0 Å². The Balaban J connectivity index is 2.77. The number of thiocarbonyl (C=S) groups is 1. The van der Waals surface area contributed by atoms with Crippen LogP contribution in [0, 0.1) is 0 Å². The predicted molar refractivity (Wildman–Crippen MR) is 73.2 cm³/mol. The van der Waals surface area contributed by atoms with Crippen LogP contribution in [-0.4, -0.2) is 22.1 Å². The van der Waals surface area contributed by atoms with E-state index in [1.54, 1.807) is 24.3 Å². The normalized spacial score (nSPS) is 11.8. The lowest BCUT2D eigenvalue weighted by atomic mass is 10.2. The molecular formula is C10H7Cl3N2OS. The van der Waals surface area contributed by atoms with E-state index in [1.165, 1.54) is 0 Å². The first-order chi connectivity index (χ1) is 8.04. The Labute approximate surface area is 119 Å². The fraction of sp³-hybridized carbons (Fsp3) is 0.200. The van der Waals surface area contributed by atoms with Gasteiger partial charge in [0.1, 0.15) is 4.84 Å². The molecule has 0 aliphatic rings. The Morgan fingerprint density at radius 2 is 1.94 bits per heavy atom. The highest BCUT2D eigenvalue weighted by Gasteiger charge is 2.18. The topological polar surface area (TPSA) is 41.5 Å². The Morgan fingerprint density at radius 1 is 1.35 bits per heavy atom. The molecule has 0 saturated carbocycles. The van der Waals surface area contributed by atoms with E-state index in [0.29, 0.717) is 10.6 Å². The van der Waals surface area contributed by atoms with Crippen molar-refractivity contribution in [3.63, 3.8) is 0 Å². The first-order valence-corrected chi connectivity index (χ1v) is 6.12. The minimum absolute atomic E-state index is 0.369. The number of amides is 1. The molecule has 0 aliphatic heterocycles. The number of rotatable bonds is 4. The van der Waals surface area contributed by atoms with Crippen molar-refractivity contribution in [3.05, 3.63) is 34.9 Å². The van der Waals surface area contributed by atoms with Gasteiger partial charge in [-0.15, -0.1) is 23.2 Å². The van der Waals surface area contributed by atoms with E-state index >= 15 is 0 Å². The number of halogens is 3. The lowest BCUT2D eigenvalue weighted by molar-refractivity contribution is 0.0940. The summed E-state index contributed by atoms with van der Waals surface area (Å²) in [5, 5.41) is 5.17. The van der Waals surface area contributed by atoms with Gasteiger partial charge in [-0.1, -0.05) is 11.6 Å². The number of aliphatic imine (C=N–C) groups is 1. The molecule has 0 aromatic heterocycles. The summed E-state index contributed by atoms with van der Waals surface area (Å²) in [5.41, 5.74) is 0.424. The van der Waals surface area contributed by atoms with Crippen molar-refractivity contribution in [3.8, 4) is 0 Å². The molecule has 1 unspecified atom stereocenters. The van der Waals surface area contributed by atoms with Crippen LogP contribution < -0.4 is 5.32 Å². The highest BCUT2D eigenvalue weighted by molar-refractivity contribution is 7.78. The third-order valence-electron chi connectivity index (χ3n) is 1.82. The Hall–Kier alpha value is -0.640. The molecule has 0 spiro atoms. The molecule has 1 aromatic carbocycles. The number of benzene rings is 1. The third kappa shape index (κ3) is 4.62. The van der Waals surface area contributed by atoms with Gasteiger partial charge in [-0.25, -0.2) is 4.99 Å². The summed E-state index contributed by atoms with van der Waals surface area (Å²) >= 11 is 21.4. The number of carbonyl (C=O) groups excluding carboxylic acids is 1. The molecule has 1 amide bonds. The van der Waals surface area contributed by atoms with Crippen LogP contribution in [0.3, 0.4) is 0 Å². The molecule has 90 valence electrons. The van der Waals surface area contributed by atoms with Gasteiger partial charge in [0.2, 0.25) is 0 Å². The molecule has 0 aliphatic carbocycles. The third-order valence-corrected chi connectivity index (χ3v) is 2.65. The van der Waals surface area contributed by atoms with Gasteiger partial charge in [-0.3, -0.25) is 4.79 Å². The summed E-state index contributed by atoms with van der Waals surface area (Å²) in [6, 6.07) is 6.36. The number of carbonyl (C=O) groups is 1. The molecule has 0 heterocycles. The molecule has 1 rings (SSSR count). The standard InChI is InChI=1S/C10H7Cl3N2OS/c11-7-3-1-6(2-4-7)10(16)15-9(8(12)13)14-5-17/h1-4,8-9H,(H,15,16). The van der Waals surface area contributed by atoms with Crippen LogP contribution in [0.4, 0.5) is 0 Å². The van der Waals surface area contributed by atoms with Crippen molar-refractivity contribution in [2.24, 2.45) is 4.99 Å². The molecule has 7 heteroatoms. The zero-order valence-corrected chi connectivity index (χ0v) is 11.4. The lowest BCUT2D eigenvalue weighted by Gasteiger charge is -2.13. The van der Waals surface area contributed by atoms with Gasteiger partial charge in [0.25, 0.3) is 5.91 Å². The Morgan fingerprint density at radius 3 is 2.41 bits per heavy atom. The van der Waals surface area contributed by atoms with Gasteiger partial charge < -0.3 is 5.32 Å². The summed E-state index contributed by atoms with van der Waals surface area (Å²) in [5.74, 6) is -0.369. The highest BCUT2D eigenvalue weighted by Crippen LogP contribution is 2.12. The number of nitrogens with one attached hydrogen (secondary N) is 1. The van der Waals surface area contributed by atoms with Crippen LogP contribution in [0.1, 0.15) is 10.4 Å². The van der Waals surface area contributed by atoms with Crippen LogP contribution in [0.2, 0.25) is 5.02 Å². The lowest BCUT2D eigenvalue weighted by Crippen LogP contribution is -2.37. The molecule has 1 atom stereocenters. The number of isothiocyanates is 1. The number of hydrogen-bond donors (Lipinski definition) is 1. The summed E-state index contributed by atoms with van der Waals surface area (Å²) < 4.78 is 0. The van der Waals surface area contributed by atoms with Crippen LogP contribution in [0.15, 0.2) is 29.3 Å². The quantitative estimate of drug-likeness (QED) is 0.527. The second kappa shape index (κ2) is 6.94. The maximum atomic E-state index is 11.8. The minimum atomic E-state index is -0.901. The van der Waals surface area contributed by atoms with Gasteiger partial charge in [0, 0.05) is 10.6 Å². The van der Waals surface area contributed by atoms with Crippen molar-refractivity contribution in [2.45, 2.75) is 11.0 Å². The fourth-order valence-electron chi connectivity index (χ4n) is 1.03. The zero-order chi connectivity index (χ0) is 12.8. The Bertz CT molecular complexity index is 443. The fourth-order valence-corrected chi connectivity index (χ4v) is 1.51. The molecule has 1 aromatic rings. The van der Waals surface area contributed by atoms with Gasteiger partial charge in [-0.2, -0.15) is 0 Å². The molecule has 17 heavy (non-hydrogen) atoms. The Kier molecular flexibility index (Phi) is 5.89. The molecule has 0 bridgehead atoms. The van der Waals surface area contributed by atoms with Crippen molar-refractivity contribution in [2.75, 3.05) is 0 Å². The summed E-state index contributed by atoms with van der Waals surface area (Å²) in [7, 11) is 0. The van der Waals surface area contributed by atoms with Crippen LogP contribution in [-0.2, 0) is 0 Å². The predicted octanol–water partition coefficient (Wildman–Crippen LogP) is 3.30. The van der Waals surface area contributed by atoms with Gasteiger partial charge in [0.05, 0.1) is 5.16 Å². The van der Waals surface area contributed by atoms with E-state index in [2.05, 4.69) is 27.7 Å². The van der Waals surface area contributed by atoms with Crippen LogP contribution >= 0.6 is 47.0 Å². The van der Waals surface area contributed by atoms with Gasteiger partial charge in [-0.05, 0) is 36.5 Å². The summed E-state index contributed by atoms with van der Waals surface area (Å²) in [6.45, 7) is 0. The maximum Gasteiger partial charge on any atom is 0.253 e. The van der Waals surface area contributed by atoms with Crippen molar-refractivity contribution in [1.29, 1.82) is 0 Å². The second-order valence-corrected chi connectivity index (χ2v) is 4.76. The number of nitrogens with zero attached hydrogens (tertiary/aromatic N) is 1. The second-order valence-electron chi connectivity index (χ2n) is 2.98. The minimum Gasteiger partial charge on any atom is -0.327 e. The molecular weight excluding hydrogens is 303 g/mol. The van der Waals surface area contributed by atoms with E-state index in [0.717, 1.165) is 0 Å². The van der Waals surface area contributed by atoms with Crippen molar-refractivity contribution < 1.29 is 4.79 Å². The monoisotopic (exact) mass is 308 g/mol. The number of hydrogen-bond acceptors (Lipinski definition) is 3. The summed E-state index contributed by atoms with van der Waals surface area (Å²) in [4.78, 5) is 14.5. The highest BCUT2D eigenvalue weighted by atomic mass is 35.5. The smallest absolute Gasteiger partial charge is 0.253 e. The first-order valence-electron chi connectivity index (χ1n) is 4.46. The molecule has 3 nitrogen and oxygen atoms in total. The average Bonchev–Trinajstić information content (AvgIpc) is 2.29. The molecule has 0 fully saturated rings. The molecule has 0 radical (unpaired) electrons. The summed E-state index contributed by atoms with van der Waals surface area (Å²) in [6.07, 6.45) is -0.820. The zero-order valence-electron chi connectivity index (χ0n) is 8.36. The van der Waals surface area contributed by atoms with E-state index in [4.69, 9.17) is 34.8 Å². The van der Waals surface area contributed by atoms with Gasteiger partial charge in [0.15, 0.2) is 6.17 Å².